The molecule has 0 aromatic heterocycles. The number of amides is 1. The second-order valence-corrected chi connectivity index (χ2v) is 7.82. The second kappa shape index (κ2) is 9.27. The Morgan fingerprint density at radius 3 is 2.39 bits per heavy atom. The van der Waals surface area contributed by atoms with Gasteiger partial charge in [0.25, 0.3) is 10.0 Å². The zero-order valence-corrected chi connectivity index (χ0v) is 17.0. The van der Waals surface area contributed by atoms with Crippen LogP contribution in [0.2, 0.25) is 0 Å². The maximum absolute atomic E-state index is 13.4. The number of carbonyl (C=O) groups is 1. The van der Waals surface area contributed by atoms with Crippen molar-refractivity contribution >= 4 is 21.6 Å². The molecule has 0 atom stereocenters. The van der Waals surface area contributed by atoms with E-state index >= 15 is 0 Å². The zero-order valence-electron chi connectivity index (χ0n) is 16.1. The average Bonchev–Trinajstić information content (AvgIpc) is 2.70. The SMILES string of the molecule is C=CCNC(=O)CN(c1cc(OC)ccc1OC)S(=O)(=O)c1ccc(C)cc1. The van der Waals surface area contributed by atoms with Crippen molar-refractivity contribution in [2.45, 2.75) is 11.8 Å². The number of hydrogen-bond acceptors (Lipinski definition) is 5. The Labute approximate surface area is 165 Å². The third-order valence-corrected chi connectivity index (χ3v) is 5.77. The van der Waals surface area contributed by atoms with Crippen molar-refractivity contribution in [3.8, 4) is 11.5 Å². The van der Waals surface area contributed by atoms with E-state index in [4.69, 9.17) is 9.47 Å². The van der Waals surface area contributed by atoms with Gasteiger partial charge in [-0.05, 0) is 31.2 Å². The van der Waals surface area contributed by atoms with Gasteiger partial charge >= 0.3 is 0 Å². The molecule has 0 bridgehead atoms. The van der Waals surface area contributed by atoms with E-state index in [1.807, 2.05) is 6.92 Å². The van der Waals surface area contributed by atoms with E-state index in [1.165, 1.54) is 38.5 Å². The lowest BCUT2D eigenvalue weighted by atomic mass is 10.2. The summed E-state index contributed by atoms with van der Waals surface area (Å²) in [5.74, 6) is 0.264. The van der Waals surface area contributed by atoms with Crippen LogP contribution in [0, 0.1) is 6.92 Å². The molecule has 7 nitrogen and oxygen atoms in total. The lowest BCUT2D eigenvalue weighted by Gasteiger charge is -2.26. The molecule has 8 heteroatoms. The third kappa shape index (κ3) is 4.83. The average molecular weight is 404 g/mol. The van der Waals surface area contributed by atoms with Crippen LogP contribution in [0.15, 0.2) is 60.0 Å². The van der Waals surface area contributed by atoms with E-state index in [9.17, 15) is 13.2 Å². The fraction of sp³-hybridized carbons (Fsp3) is 0.250. The number of nitrogens with zero attached hydrogens (tertiary/aromatic N) is 1. The molecule has 1 amide bonds. The van der Waals surface area contributed by atoms with Gasteiger partial charge in [0.05, 0.1) is 24.8 Å². The molecule has 28 heavy (non-hydrogen) atoms. The van der Waals surface area contributed by atoms with Gasteiger partial charge in [-0.1, -0.05) is 23.8 Å². The first-order valence-corrected chi connectivity index (χ1v) is 9.96. The number of benzene rings is 2. The van der Waals surface area contributed by atoms with Crippen molar-refractivity contribution < 1.29 is 22.7 Å². The molecule has 1 N–H and O–H groups in total. The molecule has 0 unspecified atom stereocenters. The molecular weight excluding hydrogens is 380 g/mol. The highest BCUT2D eigenvalue weighted by atomic mass is 32.2. The maximum atomic E-state index is 13.4. The van der Waals surface area contributed by atoms with Gasteiger partial charge in [-0.3, -0.25) is 9.10 Å². The first-order chi connectivity index (χ1) is 13.3. The highest BCUT2D eigenvalue weighted by Gasteiger charge is 2.29. The van der Waals surface area contributed by atoms with E-state index in [2.05, 4.69) is 11.9 Å². The molecule has 0 heterocycles. The van der Waals surface area contributed by atoms with E-state index in [1.54, 1.807) is 24.3 Å². The van der Waals surface area contributed by atoms with E-state index in [0.29, 0.717) is 11.5 Å². The van der Waals surface area contributed by atoms with Gasteiger partial charge in [0.2, 0.25) is 5.91 Å². The van der Waals surface area contributed by atoms with Gasteiger partial charge in [-0.25, -0.2) is 8.42 Å². The number of rotatable bonds is 9. The van der Waals surface area contributed by atoms with Crippen LogP contribution in [0.1, 0.15) is 5.56 Å². The van der Waals surface area contributed by atoms with Crippen LogP contribution in [0.5, 0.6) is 11.5 Å². The standard InChI is InChI=1S/C20H24N2O5S/c1-5-12-21-20(23)14-22(18-13-16(26-3)8-11-19(18)27-4)28(24,25)17-9-6-15(2)7-10-17/h5-11,13H,1,12,14H2,2-4H3,(H,21,23). The van der Waals surface area contributed by atoms with Crippen LogP contribution in [0.4, 0.5) is 5.69 Å². The first-order valence-electron chi connectivity index (χ1n) is 8.52. The summed E-state index contributed by atoms with van der Waals surface area (Å²) in [6, 6.07) is 11.2. The Morgan fingerprint density at radius 2 is 1.82 bits per heavy atom. The molecule has 0 saturated heterocycles. The summed E-state index contributed by atoms with van der Waals surface area (Å²) in [5, 5.41) is 2.60. The topological polar surface area (TPSA) is 84.9 Å². The fourth-order valence-corrected chi connectivity index (χ4v) is 3.92. The van der Waals surface area contributed by atoms with Gasteiger partial charge in [-0.15, -0.1) is 6.58 Å². The Kier molecular flexibility index (Phi) is 7.06. The van der Waals surface area contributed by atoms with E-state index in [-0.39, 0.29) is 17.1 Å². The minimum absolute atomic E-state index is 0.0690. The lowest BCUT2D eigenvalue weighted by Crippen LogP contribution is -2.41. The monoisotopic (exact) mass is 404 g/mol. The van der Waals surface area contributed by atoms with Gasteiger partial charge in [0, 0.05) is 12.6 Å². The van der Waals surface area contributed by atoms with Gasteiger partial charge in [0.15, 0.2) is 0 Å². The molecule has 2 rings (SSSR count). The molecule has 150 valence electrons. The fourth-order valence-electron chi connectivity index (χ4n) is 2.50. The Balaban J connectivity index is 2.58. The molecule has 2 aromatic rings. The molecule has 0 aliphatic carbocycles. The van der Waals surface area contributed by atoms with Crippen molar-refractivity contribution in [3.63, 3.8) is 0 Å². The number of nitrogens with one attached hydrogen (secondary N) is 1. The Morgan fingerprint density at radius 1 is 1.14 bits per heavy atom. The Hall–Kier alpha value is -3.00. The number of anilines is 1. The van der Waals surface area contributed by atoms with Crippen molar-refractivity contribution in [2.75, 3.05) is 31.6 Å². The van der Waals surface area contributed by atoms with Crippen LogP contribution in [0.25, 0.3) is 0 Å². The highest BCUT2D eigenvalue weighted by Crippen LogP contribution is 2.35. The minimum atomic E-state index is -4.04. The van der Waals surface area contributed by atoms with Crippen molar-refractivity contribution in [3.05, 3.63) is 60.7 Å². The van der Waals surface area contributed by atoms with E-state index < -0.39 is 22.5 Å². The van der Waals surface area contributed by atoms with Crippen molar-refractivity contribution in [2.24, 2.45) is 0 Å². The quantitative estimate of drug-likeness (QED) is 0.649. The smallest absolute Gasteiger partial charge is 0.264 e. The normalized spacial score (nSPS) is 10.8. The number of sulfonamides is 1. The third-order valence-electron chi connectivity index (χ3n) is 3.99. The molecule has 2 aromatic carbocycles. The Bertz CT molecular complexity index is 940. The van der Waals surface area contributed by atoms with Gasteiger partial charge in [0.1, 0.15) is 18.0 Å². The lowest BCUT2D eigenvalue weighted by molar-refractivity contribution is -0.119. The summed E-state index contributed by atoms with van der Waals surface area (Å²) in [7, 11) is -1.13. The number of hydrogen-bond donors (Lipinski definition) is 1. The zero-order chi connectivity index (χ0) is 20.7. The second-order valence-electron chi connectivity index (χ2n) is 5.96. The number of aryl methyl sites for hydroxylation is 1. The summed E-state index contributed by atoms with van der Waals surface area (Å²) in [6.45, 7) is 5.21. The van der Waals surface area contributed by atoms with Crippen LogP contribution in [0.3, 0.4) is 0 Å². The summed E-state index contributed by atoms with van der Waals surface area (Å²) in [5.41, 5.74) is 1.13. The molecule has 0 fully saturated rings. The molecular formula is C20H24N2O5S. The number of ether oxygens (including phenoxy) is 2. The van der Waals surface area contributed by atoms with Crippen LogP contribution in [-0.2, 0) is 14.8 Å². The summed E-state index contributed by atoms with van der Waals surface area (Å²) < 4.78 is 38.3. The molecule has 0 aliphatic rings. The molecule has 0 spiro atoms. The van der Waals surface area contributed by atoms with Crippen LogP contribution in [-0.4, -0.2) is 41.6 Å². The minimum Gasteiger partial charge on any atom is -0.497 e. The summed E-state index contributed by atoms with van der Waals surface area (Å²) in [6.07, 6.45) is 1.52. The highest BCUT2D eigenvalue weighted by molar-refractivity contribution is 7.92. The summed E-state index contributed by atoms with van der Waals surface area (Å²) in [4.78, 5) is 12.4. The molecule has 0 aliphatic heterocycles. The van der Waals surface area contributed by atoms with Gasteiger partial charge in [-0.2, -0.15) is 0 Å². The first kappa shape index (κ1) is 21.3. The largest absolute Gasteiger partial charge is 0.497 e. The predicted molar refractivity (Wildman–Crippen MR) is 108 cm³/mol. The molecule has 0 radical (unpaired) electrons. The number of carbonyl (C=O) groups excluding carboxylic acids is 1. The predicted octanol–water partition coefficient (Wildman–Crippen LogP) is 2.51. The van der Waals surface area contributed by atoms with Crippen molar-refractivity contribution in [1.82, 2.24) is 5.32 Å². The molecule has 0 saturated carbocycles. The maximum Gasteiger partial charge on any atom is 0.264 e. The number of methoxy groups -OCH3 is 2. The van der Waals surface area contributed by atoms with Gasteiger partial charge < -0.3 is 14.8 Å². The van der Waals surface area contributed by atoms with Crippen LogP contribution >= 0.6 is 0 Å². The van der Waals surface area contributed by atoms with Crippen molar-refractivity contribution in [1.29, 1.82) is 0 Å². The van der Waals surface area contributed by atoms with E-state index in [0.717, 1.165) is 9.87 Å². The summed E-state index contributed by atoms with van der Waals surface area (Å²) >= 11 is 0. The van der Waals surface area contributed by atoms with Crippen LogP contribution < -0.4 is 19.1 Å².